The van der Waals surface area contributed by atoms with Crippen LogP contribution in [-0.4, -0.2) is 30.7 Å². The summed E-state index contributed by atoms with van der Waals surface area (Å²) in [6.45, 7) is 0.475. The Bertz CT molecular complexity index is 446. The molecule has 0 bridgehead atoms. The number of amides is 2. The number of benzene rings is 1. The molecule has 106 valence electrons. The molecule has 0 saturated heterocycles. The number of carbonyl (C=O) groups is 1. The molecule has 0 heterocycles. The summed E-state index contributed by atoms with van der Waals surface area (Å²) < 4.78 is 36.4. The molecule has 1 aromatic carbocycles. The Kier molecular flexibility index (Phi) is 4.77. The number of nitrogens with two attached hydrogens (primary N) is 1. The fraction of sp³-hybridized carbons (Fsp3) is 0.417. The van der Waals surface area contributed by atoms with E-state index in [1.165, 1.54) is 0 Å². The second kappa shape index (κ2) is 5.92. The zero-order chi connectivity index (χ0) is 14.6. The number of anilines is 1. The average molecular weight is 275 g/mol. The third-order valence-corrected chi connectivity index (χ3v) is 2.43. The van der Waals surface area contributed by atoms with E-state index in [0.29, 0.717) is 10.6 Å². The third-order valence-electron chi connectivity index (χ3n) is 2.43. The molecule has 2 amide bonds. The molecule has 3 N–H and O–H groups in total. The van der Waals surface area contributed by atoms with Crippen LogP contribution in [0.4, 0.5) is 23.7 Å². The van der Waals surface area contributed by atoms with E-state index in [2.05, 4.69) is 5.32 Å². The molecule has 1 aromatic rings. The van der Waals surface area contributed by atoms with Gasteiger partial charge < -0.3 is 16.0 Å². The summed E-state index contributed by atoms with van der Waals surface area (Å²) in [6.07, 6.45) is -4.42. The van der Waals surface area contributed by atoms with Crippen molar-refractivity contribution in [2.75, 3.05) is 18.9 Å². The van der Waals surface area contributed by atoms with Gasteiger partial charge in [0.25, 0.3) is 0 Å². The van der Waals surface area contributed by atoms with Crippen molar-refractivity contribution in [1.29, 1.82) is 0 Å². The van der Waals surface area contributed by atoms with Crippen molar-refractivity contribution < 1.29 is 18.0 Å². The van der Waals surface area contributed by atoms with E-state index in [1.54, 1.807) is 31.2 Å². The van der Waals surface area contributed by atoms with Crippen molar-refractivity contribution in [2.45, 2.75) is 19.1 Å². The van der Waals surface area contributed by atoms with Crippen LogP contribution in [0.5, 0.6) is 0 Å². The highest BCUT2D eigenvalue weighted by molar-refractivity contribution is 5.89. The number of halogens is 3. The highest BCUT2D eigenvalue weighted by atomic mass is 19.4. The summed E-state index contributed by atoms with van der Waals surface area (Å²) in [6, 6.07) is 5.64. The number of urea groups is 1. The monoisotopic (exact) mass is 275 g/mol. The molecule has 0 aliphatic heterocycles. The van der Waals surface area contributed by atoms with Gasteiger partial charge in [0.05, 0.1) is 0 Å². The van der Waals surface area contributed by atoms with Gasteiger partial charge in [0.1, 0.15) is 6.54 Å². The normalized spacial score (nSPS) is 12.9. The lowest BCUT2D eigenvalue weighted by atomic mass is 10.1. The maximum atomic E-state index is 12.1. The Morgan fingerprint density at radius 2 is 2.11 bits per heavy atom. The van der Waals surface area contributed by atoms with Crippen molar-refractivity contribution in [2.24, 2.45) is 5.73 Å². The molecule has 1 atom stereocenters. The van der Waals surface area contributed by atoms with Gasteiger partial charge in [-0.05, 0) is 24.6 Å². The van der Waals surface area contributed by atoms with E-state index in [1.807, 2.05) is 0 Å². The molecule has 7 heteroatoms. The standard InChI is InChI=1S/C12H16F3N3O/c1-8(16)9-4-3-5-10(6-9)17-11(19)18(2)7-12(13,14)15/h3-6,8H,7,16H2,1-2H3,(H,17,19). The predicted octanol–water partition coefficient (Wildman–Crippen LogP) is 2.73. The smallest absolute Gasteiger partial charge is 0.324 e. The lowest BCUT2D eigenvalue weighted by Crippen LogP contribution is -2.38. The van der Waals surface area contributed by atoms with Crippen LogP contribution in [0, 0.1) is 0 Å². The van der Waals surface area contributed by atoms with Crippen molar-refractivity contribution >= 4 is 11.7 Å². The van der Waals surface area contributed by atoms with Crippen molar-refractivity contribution in [1.82, 2.24) is 4.90 Å². The van der Waals surface area contributed by atoms with Crippen molar-refractivity contribution in [3.05, 3.63) is 29.8 Å². The first-order valence-corrected chi connectivity index (χ1v) is 5.63. The van der Waals surface area contributed by atoms with Crippen molar-refractivity contribution in [3.8, 4) is 0 Å². The molecule has 1 rings (SSSR count). The van der Waals surface area contributed by atoms with Crippen LogP contribution in [-0.2, 0) is 0 Å². The summed E-state index contributed by atoms with van der Waals surface area (Å²) in [7, 11) is 1.08. The molecular weight excluding hydrogens is 259 g/mol. The first-order chi connectivity index (χ1) is 8.69. The molecule has 0 aromatic heterocycles. The maximum absolute atomic E-state index is 12.1. The number of nitrogens with zero attached hydrogens (tertiary/aromatic N) is 1. The van der Waals surface area contributed by atoms with Crippen LogP contribution in [0.2, 0.25) is 0 Å². The van der Waals surface area contributed by atoms with E-state index >= 15 is 0 Å². The lowest BCUT2D eigenvalue weighted by molar-refractivity contribution is -0.137. The van der Waals surface area contributed by atoms with Gasteiger partial charge in [-0.2, -0.15) is 13.2 Å². The zero-order valence-electron chi connectivity index (χ0n) is 10.7. The second-order valence-corrected chi connectivity index (χ2v) is 4.32. The Hall–Kier alpha value is -1.76. The summed E-state index contributed by atoms with van der Waals surface area (Å²) in [5.41, 5.74) is 6.88. The number of hydrogen-bond acceptors (Lipinski definition) is 2. The van der Waals surface area contributed by atoms with Crippen molar-refractivity contribution in [3.63, 3.8) is 0 Å². The summed E-state index contributed by atoms with van der Waals surface area (Å²) in [4.78, 5) is 12.1. The molecule has 0 radical (unpaired) electrons. The van der Waals surface area contributed by atoms with Crippen LogP contribution in [0.1, 0.15) is 18.5 Å². The fourth-order valence-electron chi connectivity index (χ4n) is 1.46. The molecule has 19 heavy (non-hydrogen) atoms. The molecule has 0 aliphatic carbocycles. The number of carbonyl (C=O) groups excluding carboxylic acids is 1. The van der Waals surface area contributed by atoms with Gasteiger partial charge in [-0.25, -0.2) is 4.79 Å². The first kappa shape index (κ1) is 15.3. The highest BCUT2D eigenvalue weighted by Crippen LogP contribution is 2.18. The minimum atomic E-state index is -4.42. The predicted molar refractivity (Wildman–Crippen MR) is 66.7 cm³/mol. The van der Waals surface area contributed by atoms with E-state index in [4.69, 9.17) is 5.73 Å². The van der Waals surface area contributed by atoms with Gasteiger partial charge in [0.2, 0.25) is 0 Å². The van der Waals surface area contributed by atoms with Crippen LogP contribution >= 0.6 is 0 Å². The van der Waals surface area contributed by atoms with Gasteiger partial charge in [0, 0.05) is 18.8 Å². The summed E-state index contributed by atoms with van der Waals surface area (Å²) in [5.74, 6) is 0. The SMILES string of the molecule is CC(N)c1cccc(NC(=O)N(C)CC(F)(F)F)c1. The van der Waals surface area contributed by atoms with E-state index in [-0.39, 0.29) is 6.04 Å². The molecule has 0 fully saturated rings. The Balaban J connectivity index is 2.69. The number of rotatable bonds is 3. The van der Waals surface area contributed by atoms with Gasteiger partial charge in [-0.3, -0.25) is 0 Å². The minimum Gasteiger partial charge on any atom is -0.324 e. The molecule has 0 spiro atoms. The molecular formula is C12H16F3N3O. The number of alkyl halides is 3. The van der Waals surface area contributed by atoms with Crippen LogP contribution in [0.25, 0.3) is 0 Å². The molecule has 1 unspecified atom stereocenters. The van der Waals surface area contributed by atoms with Crippen LogP contribution in [0.15, 0.2) is 24.3 Å². The molecule has 0 aliphatic rings. The Morgan fingerprint density at radius 1 is 1.47 bits per heavy atom. The lowest BCUT2D eigenvalue weighted by Gasteiger charge is -2.19. The Morgan fingerprint density at radius 3 is 2.63 bits per heavy atom. The minimum absolute atomic E-state index is 0.218. The van der Waals surface area contributed by atoms with Crippen LogP contribution in [0.3, 0.4) is 0 Å². The quantitative estimate of drug-likeness (QED) is 0.891. The summed E-state index contributed by atoms with van der Waals surface area (Å²) in [5, 5.41) is 2.39. The largest absolute Gasteiger partial charge is 0.406 e. The third kappa shape index (κ3) is 5.17. The number of hydrogen-bond donors (Lipinski definition) is 2. The van der Waals surface area contributed by atoms with Gasteiger partial charge in [-0.15, -0.1) is 0 Å². The molecule has 4 nitrogen and oxygen atoms in total. The highest BCUT2D eigenvalue weighted by Gasteiger charge is 2.31. The molecule has 0 saturated carbocycles. The number of nitrogens with one attached hydrogen (secondary N) is 1. The van der Waals surface area contributed by atoms with Gasteiger partial charge in [-0.1, -0.05) is 12.1 Å². The van der Waals surface area contributed by atoms with Crippen LogP contribution < -0.4 is 11.1 Å². The van der Waals surface area contributed by atoms with E-state index in [0.717, 1.165) is 12.6 Å². The maximum Gasteiger partial charge on any atom is 0.406 e. The zero-order valence-corrected chi connectivity index (χ0v) is 10.7. The topological polar surface area (TPSA) is 58.4 Å². The van der Waals surface area contributed by atoms with E-state index < -0.39 is 18.8 Å². The first-order valence-electron chi connectivity index (χ1n) is 5.63. The average Bonchev–Trinajstić information content (AvgIpc) is 2.27. The van der Waals surface area contributed by atoms with Gasteiger partial charge in [0.15, 0.2) is 0 Å². The van der Waals surface area contributed by atoms with E-state index in [9.17, 15) is 18.0 Å². The summed E-state index contributed by atoms with van der Waals surface area (Å²) >= 11 is 0. The second-order valence-electron chi connectivity index (χ2n) is 4.32. The van der Waals surface area contributed by atoms with Gasteiger partial charge >= 0.3 is 12.2 Å². The fourth-order valence-corrected chi connectivity index (χ4v) is 1.46. The Labute approximate surface area is 109 Å².